The van der Waals surface area contributed by atoms with Crippen molar-refractivity contribution in [1.29, 1.82) is 0 Å². The van der Waals surface area contributed by atoms with E-state index in [2.05, 4.69) is 19.8 Å². The van der Waals surface area contributed by atoms with Crippen LogP contribution in [0.25, 0.3) is 0 Å². The predicted octanol–water partition coefficient (Wildman–Crippen LogP) is 0.369. The standard InChI is InChI=1S/H2NOP2Si/c2-4-1(3)5/h3H2. The van der Waals surface area contributed by atoms with Crippen molar-refractivity contribution in [2.75, 3.05) is 0 Å². The summed E-state index contributed by atoms with van der Waals surface area (Å²) < 4.78 is 10.7. The third-order valence-corrected chi connectivity index (χ3v) is 0.792. The molecule has 0 aliphatic heterocycles. The van der Waals surface area contributed by atoms with Crippen LogP contribution in [0.4, 0.5) is 0 Å². The first-order valence-corrected chi connectivity index (χ1v) is 2.59. The van der Waals surface area contributed by atoms with E-state index in [-0.39, 0.29) is 8.61 Å². The number of hydrogen-bond acceptors (Lipinski definition) is 1. The zero-order valence-corrected chi connectivity index (χ0v) is 5.43. The van der Waals surface area contributed by atoms with Gasteiger partial charge in [-0.1, -0.05) is 9.39 Å². The van der Waals surface area contributed by atoms with Crippen molar-refractivity contribution in [3.63, 3.8) is 0 Å². The lowest BCUT2D eigenvalue weighted by Gasteiger charge is -1.85. The molecule has 5 heteroatoms. The van der Waals surface area contributed by atoms with E-state index in [1.165, 1.54) is 4.11 Å². The molecular weight excluding hydrogens is 120 g/mol. The summed E-state index contributed by atoms with van der Waals surface area (Å²) in [7, 11) is 5.00. The quantitative estimate of drug-likeness (QED) is 0.370. The molecular formula is H2NOP2Si. The fourth-order valence-electron chi connectivity index (χ4n) is 0. The second-order valence-corrected chi connectivity index (χ2v) is 3.35. The normalized spacial score (nSPS) is 10.2. The van der Waals surface area contributed by atoms with Crippen LogP contribution in [0.15, 0.2) is 0 Å². The minimum Gasteiger partial charge on any atom is -0.256 e. The second-order valence-electron chi connectivity index (χ2n) is 0.426. The Labute approximate surface area is 37.9 Å². The van der Waals surface area contributed by atoms with E-state index in [4.69, 9.17) is 0 Å². The largest absolute Gasteiger partial charge is 0.256 e. The molecule has 3 radical (unpaired) electrons. The minimum absolute atomic E-state index is 0.0432. The Balaban J connectivity index is 2.83. The summed E-state index contributed by atoms with van der Waals surface area (Å²) in [6.45, 7) is 0. The van der Waals surface area contributed by atoms with E-state index in [1.807, 2.05) is 0 Å². The first-order chi connectivity index (χ1) is 2.27. The lowest BCUT2D eigenvalue weighted by Crippen LogP contribution is -1.81. The fraction of sp³-hybridized carbons (Fsp3) is 0. The van der Waals surface area contributed by atoms with Crippen molar-refractivity contribution in [2.45, 2.75) is 0 Å². The SMILES string of the molecule is O=PN([Si])P. The highest BCUT2D eigenvalue weighted by Gasteiger charge is 1.75. The van der Waals surface area contributed by atoms with Crippen molar-refractivity contribution in [3.8, 4) is 0 Å². The summed E-state index contributed by atoms with van der Waals surface area (Å²) in [5.74, 6) is 0. The highest BCUT2D eigenvalue weighted by atomic mass is 31.1. The Bertz CT molecular complexity index is 36.6. The van der Waals surface area contributed by atoms with Gasteiger partial charge in [0.2, 0.25) is 8.61 Å². The molecule has 0 saturated heterocycles. The summed E-state index contributed by atoms with van der Waals surface area (Å²) in [5.41, 5.74) is 0. The highest BCUT2D eigenvalue weighted by Crippen LogP contribution is 2.03. The van der Waals surface area contributed by atoms with Gasteiger partial charge in [0.15, 0.2) is 10.4 Å². The maximum atomic E-state index is 9.46. The van der Waals surface area contributed by atoms with Crippen molar-refractivity contribution in [1.82, 2.24) is 4.11 Å². The van der Waals surface area contributed by atoms with Gasteiger partial charge in [-0.05, 0) is 0 Å². The molecule has 0 fully saturated rings. The van der Waals surface area contributed by atoms with Gasteiger partial charge in [0.25, 0.3) is 0 Å². The fourth-order valence-corrected chi connectivity index (χ4v) is 0. The molecule has 2 nitrogen and oxygen atoms in total. The molecule has 0 aromatic rings. The average Bonchev–Trinajstić information content (AvgIpc) is 1.38. The molecule has 0 aromatic heterocycles. The second kappa shape index (κ2) is 2.92. The molecule has 0 aliphatic rings. The summed E-state index contributed by atoms with van der Waals surface area (Å²) in [6, 6.07) is 0. The smallest absolute Gasteiger partial charge is 0.244 e. The van der Waals surface area contributed by atoms with Gasteiger partial charge in [-0.3, -0.25) is 4.57 Å². The molecule has 0 rings (SSSR count). The number of nitrogens with zero attached hydrogens (tertiary/aromatic N) is 1. The van der Waals surface area contributed by atoms with Crippen molar-refractivity contribution in [3.05, 3.63) is 0 Å². The van der Waals surface area contributed by atoms with Gasteiger partial charge >= 0.3 is 0 Å². The van der Waals surface area contributed by atoms with Crippen LogP contribution in [-0.4, -0.2) is 14.5 Å². The van der Waals surface area contributed by atoms with Crippen molar-refractivity contribution < 1.29 is 4.57 Å². The average molecular weight is 122 g/mol. The Morgan fingerprint density at radius 2 is 2.20 bits per heavy atom. The zero-order valence-electron chi connectivity index (χ0n) is 2.38. The number of rotatable bonds is 1. The molecule has 0 N–H and O–H groups in total. The lowest BCUT2D eigenvalue weighted by atomic mass is 13.8. The van der Waals surface area contributed by atoms with E-state index in [0.717, 1.165) is 0 Å². The molecule has 0 aromatic carbocycles. The maximum Gasteiger partial charge on any atom is 0.244 e. The summed E-state index contributed by atoms with van der Waals surface area (Å²) in [4.78, 5) is 0. The maximum absolute atomic E-state index is 9.46. The van der Waals surface area contributed by atoms with Crippen molar-refractivity contribution in [2.24, 2.45) is 0 Å². The zero-order chi connectivity index (χ0) is 4.28. The Morgan fingerprint density at radius 3 is 2.20 bits per heavy atom. The third-order valence-electron chi connectivity index (χ3n) is 0.0880. The molecule has 0 heterocycles. The molecule has 0 amide bonds. The first kappa shape index (κ1) is 5.71. The van der Waals surface area contributed by atoms with E-state index in [0.29, 0.717) is 0 Å². The number of hydrogen-bond donors (Lipinski definition) is 0. The molecule has 0 aliphatic carbocycles. The van der Waals surface area contributed by atoms with Crippen LogP contribution < -0.4 is 0 Å². The van der Waals surface area contributed by atoms with Gasteiger partial charge < -0.3 is 0 Å². The van der Waals surface area contributed by atoms with Crippen LogP contribution in [0.2, 0.25) is 0 Å². The van der Waals surface area contributed by atoms with Crippen LogP contribution in [0.3, 0.4) is 0 Å². The van der Waals surface area contributed by atoms with E-state index in [9.17, 15) is 4.57 Å². The highest BCUT2D eigenvalue weighted by molar-refractivity contribution is 7.37. The molecule has 0 spiro atoms. The van der Waals surface area contributed by atoms with Crippen LogP contribution in [0.5, 0.6) is 0 Å². The lowest BCUT2D eigenvalue weighted by molar-refractivity contribution is 0.591. The van der Waals surface area contributed by atoms with Crippen LogP contribution in [-0.2, 0) is 4.57 Å². The molecule has 0 saturated carbocycles. The first-order valence-electron chi connectivity index (χ1n) is 0.864. The van der Waals surface area contributed by atoms with Gasteiger partial charge in [0.05, 0.1) is 0 Å². The Kier molecular flexibility index (Phi) is 3.33. The van der Waals surface area contributed by atoms with Gasteiger partial charge in [0, 0.05) is 0 Å². The monoisotopic (exact) mass is 122 g/mol. The summed E-state index contributed by atoms with van der Waals surface area (Å²) >= 11 is 0. The Hall–Kier alpha value is 0.707. The third kappa shape index (κ3) is 4.71. The van der Waals surface area contributed by atoms with Gasteiger partial charge in [-0.15, -0.1) is 0 Å². The van der Waals surface area contributed by atoms with Crippen LogP contribution in [0, 0.1) is 0 Å². The molecule has 0 bridgehead atoms. The van der Waals surface area contributed by atoms with Gasteiger partial charge in [-0.25, -0.2) is 4.11 Å². The summed E-state index contributed by atoms with van der Waals surface area (Å²) in [5, 5.41) is 0. The van der Waals surface area contributed by atoms with Crippen molar-refractivity contribution >= 4 is 28.4 Å². The van der Waals surface area contributed by atoms with E-state index in [1.54, 1.807) is 0 Å². The molecule has 27 valence electrons. The predicted molar refractivity (Wildman–Crippen MR) is 24.9 cm³/mol. The molecule has 1 atom stereocenters. The minimum atomic E-state index is -0.0432. The van der Waals surface area contributed by atoms with Gasteiger partial charge in [0.1, 0.15) is 0 Å². The molecule has 5 heavy (non-hydrogen) atoms. The molecule has 1 unspecified atom stereocenters. The Morgan fingerprint density at radius 1 is 2.00 bits per heavy atom. The van der Waals surface area contributed by atoms with E-state index >= 15 is 0 Å². The summed E-state index contributed by atoms with van der Waals surface area (Å²) in [6.07, 6.45) is 0. The van der Waals surface area contributed by atoms with E-state index < -0.39 is 0 Å². The van der Waals surface area contributed by atoms with Crippen LogP contribution in [0.1, 0.15) is 0 Å². The van der Waals surface area contributed by atoms with Crippen LogP contribution >= 0.6 is 18.0 Å². The topological polar surface area (TPSA) is 20.3 Å². The van der Waals surface area contributed by atoms with Gasteiger partial charge in [-0.2, -0.15) is 0 Å².